The predicted molar refractivity (Wildman–Crippen MR) is 78.0 cm³/mol. The highest BCUT2D eigenvalue weighted by atomic mass is 16.4. The molecule has 1 aliphatic rings. The molecule has 1 amide bonds. The van der Waals surface area contributed by atoms with E-state index in [4.69, 9.17) is 9.52 Å². The normalized spacial score (nSPS) is 14.9. The lowest BCUT2D eigenvalue weighted by atomic mass is 10.2. The molecule has 0 bridgehead atoms. The average Bonchev–Trinajstić information content (AvgIpc) is 3.09. The number of furan rings is 1. The van der Waals surface area contributed by atoms with Gasteiger partial charge in [-0.25, -0.2) is 9.78 Å². The van der Waals surface area contributed by atoms with Crippen LogP contribution in [-0.2, 0) is 0 Å². The van der Waals surface area contributed by atoms with E-state index in [0.29, 0.717) is 31.9 Å². The molecule has 1 aliphatic heterocycles. The molecular weight excluding hydrogens is 286 g/mol. The quantitative estimate of drug-likeness (QED) is 0.920. The van der Waals surface area contributed by atoms with Crippen LogP contribution in [-0.4, -0.2) is 53.0 Å². The molecule has 0 atom stereocenters. The molecule has 0 spiro atoms. The van der Waals surface area contributed by atoms with Crippen LogP contribution in [0.5, 0.6) is 0 Å². The van der Waals surface area contributed by atoms with Gasteiger partial charge in [0, 0.05) is 26.2 Å². The fourth-order valence-corrected chi connectivity index (χ4v) is 2.42. The molecule has 7 nitrogen and oxygen atoms in total. The van der Waals surface area contributed by atoms with Crippen LogP contribution in [0.4, 0.5) is 5.69 Å². The van der Waals surface area contributed by atoms with Crippen LogP contribution >= 0.6 is 0 Å². The number of hydrogen-bond acceptors (Lipinski definition) is 5. The van der Waals surface area contributed by atoms with E-state index in [0.717, 1.165) is 5.69 Å². The van der Waals surface area contributed by atoms with Gasteiger partial charge in [-0.15, -0.1) is 0 Å². The third-order valence-corrected chi connectivity index (χ3v) is 3.63. The van der Waals surface area contributed by atoms with E-state index in [2.05, 4.69) is 9.88 Å². The molecule has 1 fully saturated rings. The van der Waals surface area contributed by atoms with Gasteiger partial charge in [0.15, 0.2) is 5.76 Å². The molecule has 3 rings (SSSR count). The highest BCUT2D eigenvalue weighted by molar-refractivity contribution is 5.91. The third-order valence-electron chi connectivity index (χ3n) is 3.63. The van der Waals surface area contributed by atoms with E-state index in [9.17, 15) is 9.59 Å². The first-order chi connectivity index (χ1) is 10.6. The number of nitrogens with zero attached hydrogens (tertiary/aromatic N) is 3. The molecule has 114 valence electrons. The number of carboxylic acid groups (broad SMARTS) is 1. The Bertz CT molecular complexity index is 659. The van der Waals surface area contributed by atoms with Gasteiger partial charge >= 0.3 is 5.97 Å². The van der Waals surface area contributed by atoms with Gasteiger partial charge in [-0.2, -0.15) is 0 Å². The Hall–Kier alpha value is -2.83. The molecule has 0 aliphatic carbocycles. The van der Waals surface area contributed by atoms with E-state index >= 15 is 0 Å². The summed E-state index contributed by atoms with van der Waals surface area (Å²) in [5, 5.41) is 8.84. The highest BCUT2D eigenvalue weighted by Gasteiger charge is 2.24. The molecule has 2 aromatic rings. The minimum Gasteiger partial charge on any atom is -0.477 e. The van der Waals surface area contributed by atoms with Gasteiger partial charge in [0.1, 0.15) is 5.69 Å². The third kappa shape index (κ3) is 2.78. The number of carboxylic acids is 1. The monoisotopic (exact) mass is 301 g/mol. The topological polar surface area (TPSA) is 86.9 Å². The molecule has 0 radical (unpaired) electrons. The molecule has 0 saturated carbocycles. The number of piperazine rings is 1. The summed E-state index contributed by atoms with van der Waals surface area (Å²) in [6.45, 7) is 2.50. The second-order valence-corrected chi connectivity index (χ2v) is 4.96. The molecule has 1 N–H and O–H groups in total. The minimum atomic E-state index is -1.04. The summed E-state index contributed by atoms with van der Waals surface area (Å²) < 4.78 is 5.13. The van der Waals surface area contributed by atoms with Crippen LogP contribution in [0, 0.1) is 0 Å². The first-order valence-electron chi connectivity index (χ1n) is 6.92. The first kappa shape index (κ1) is 14.1. The van der Waals surface area contributed by atoms with Crippen LogP contribution < -0.4 is 4.90 Å². The maximum absolute atomic E-state index is 12.2. The van der Waals surface area contributed by atoms with Crippen molar-refractivity contribution in [3.05, 3.63) is 48.2 Å². The summed E-state index contributed by atoms with van der Waals surface area (Å²) in [4.78, 5) is 30.7. The van der Waals surface area contributed by atoms with E-state index in [-0.39, 0.29) is 11.6 Å². The van der Waals surface area contributed by atoms with Crippen LogP contribution in [0.1, 0.15) is 21.0 Å². The van der Waals surface area contributed by atoms with Crippen molar-refractivity contribution in [3.8, 4) is 0 Å². The number of amides is 1. The number of anilines is 1. The molecular formula is C15H15N3O4. The number of aromatic nitrogens is 1. The molecule has 3 heterocycles. The predicted octanol–water partition coefficient (Wildman–Crippen LogP) is 1.34. The zero-order valence-electron chi connectivity index (χ0n) is 11.8. The van der Waals surface area contributed by atoms with E-state index in [1.54, 1.807) is 29.3 Å². The number of carbonyl (C=O) groups is 2. The summed E-state index contributed by atoms with van der Waals surface area (Å²) in [5.74, 6) is -0.801. The molecule has 0 unspecified atom stereocenters. The Kier molecular flexibility index (Phi) is 3.78. The van der Waals surface area contributed by atoms with Gasteiger partial charge < -0.3 is 19.3 Å². The Labute approximate surface area is 126 Å². The lowest BCUT2D eigenvalue weighted by molar-refractivity contribution is 0.0687. The Morgan fingerprint density at radius 3 is 2.45 bits per heavy atom. The molecule has 22 heavy (non-hydrogen) atoms. The number of carbonyl (C=O) groups excluding carboxylic acids is 1. The van der Waals surface area contributed by atoms with Gasteiger partial charge in [-0.1, -0.05) is 0 Å². The Balaban J connectivity index is 1.62. The van der Waals surface area contributed by atoms with Crippen molar-refractivity contribution in [1.29, 1.82) is 0 Å². The first-order valence-corrected chi connectivity index (χ1v) is 6.92. The fourth-order valence-electron chi connectivity index (χ4n) is 2.42. The van der Waals surface area contributed by atoms with Gasteiger partial charge in [0.25, 0.3) is 5.91 Å². The van der Waals surface area contributed by atoms with Crippen molar-refractivity contribution < 1.29 is 19.1 Å². The van der Waals surface area contributed by atoms with Crippen molar-refractivity contribution in [2.24, 2.45) is 0 Å². The van der Waals surface area contributed by atoms with Crippen molar-refractivity contribution in [2.45, 2.75) is 0 Å². The van der Waals surface area contributed by atoms with Crippen LogP contribution in [0.25, 0.3) is 0 Å². The van der Waals surface area contributed by atoms with Gasteiger partial charge in [0.05, 0.1) is 18.1 Å². The second kappa shape index (κ2) is 5.88. The minimum absolute atomic E-state index is 0.0235. The second-order valence-electron chi connectivity index (χ2n) is 4.96. The van der Waals surface area contributed by atoms with E-state index in [1.165, 1.54) is 12.3 Å². The zero-order valence-corrected chi connectivity index (χ0v) is 11.8. The lowest BCUT2D eigenvalue weighted by Crippen LogP contribution is -2.48. The maximum Gasteiger partial charge on any atom is 0.354 e. The van der Waals surface area contributed by atoms with Crippen LogP contribution in [0.3, 0.4) is 0 Å². The van der Waals surface area contributed by atoms with Gasteiger partial charge in [-0.05, 0) is 24.3 Å². The van der Waals surface area contributed by atoms with Crippen molar-refractivity contribution >= 4 is 17.6 Å². The summed E-state index contributed by atoms with van der Waals surface area (Å²) >= 11 is 0. The largest absolute Gasteiger partial charge is 0.477 e. The van der Waals surface area contributed by atoms with Crippen LogP contribution in [0.2, 0.25) is 0 Å². The smallest absolute Gasteiger partial charge is 0.354 e. The molecule has 1 saturated heterocycles. The standard InChI is InChI=1S/C15H15N3O4/c19-14(13-2-1-9-22-13)18-7-5-17(6-8-18)11-3-4-12(15(20)21)16-10-11/h1-4,9-10H,5-8H2,(H,20,21). The fraction of sp³-hybridized carbons (Fsp3) is 0.267. The van der Waals surface area contributed by atoms with Crippen molar-refractivity contribution in [3.63, 3.8) is 0 Å². The Morgan fingerprint density at radius 1 is 1.14 bits per heavy atom. The molecule has 7 heteroatoms. The van der Waals surface area contributed by atoms with Gasteiger partial charge in [0.2, 0.25) is 0 Å². The highest BCUT2D eigenvalue weighted by Crippen LogP contribution is 2.17. The number of rotatable bonds is 3. The SMILES string of the molecule is O=C(O)c1ccc(N2CCN(C(=O)c3ccco3)CC2)cn1. The summed E-state index contributed by atoms with van der Waals surface area (Å²) in [6, 6.07) is 6.57. The number of aromatic carboxylic acids is 1. The van der Waals surface area contributed by atoms with E-state index < -0.39 is 5.97 Å². The van der Waals surface area contributed by atoms with Crippen LogP contribution in [0.15, 0.2) is 41.1 Å². The molecule has 0 aromatic carbocycles. The van der Waals surface area contributed by atoms with E-state index in [1.807, 2.05) is 0 Å². The average molecular weight is 301 g/mol. The lowest BCUT2D eigenvalue weighted by Gasteiger charge is -2.35. The zero-order chi connectivity index (χ0) is 15.5. The van der Waals surface area contributed by atoms with Crippen molar-refractivity contribution in [1.82, 2.24) is 9.88 Å². The molecule has 2 aromatic heterocycles. The Morgan fingerprint density at radius 2 is 1.91 bits per heavy atom. The van der Waals surface area contributed by atoms with Crippen molar-refractivity contribution in [2.75, 3.05) is 31.1 Å². The number of pyridine rings is 1. The summed E-state index contributed by atoms with van der Waals surface area (Å²) in [7, 11) is 0. The summed E-state index contributed by atoms with van der Waals surface area (Å²) in [6.07, 6.45) is 3.03. The number of hydrogen-bond donors (Lipinski definition) is 1. The summed E-state index contributed by atoms with van der Waals surface area (Å²) in [5.41, 5.74) is 0.880. The van der Waals surface area contributed by atoms with Gasteiger partial charge in [-0.3, -0.25) is 4.79 Å². The maximum atomic E-state index is 12.2.